The lowest BCUT2D eigenvalue weighted by molar-refractivity contribution is -0.136. The van der Waals surface area contributed by atoms with Crippen molar-refractivity contribution in [2.75, 3.05) is 7.11 Å². The molecule has 0 heterocycles. The molecule has 0 saturated carbocycles. The highest BCUT2D eigenvalue weighted by molar-refractivity contribution is 5.88. The molecule has 0 aromatic carbocycles. The summed E-state index contributed by atoms with van der Waals surface area (Å²) in [5.41, 5.74) is 0.351. The van der Waals surface area contributed by atoms with Crippen molar-refractivity contribution in [2.45, 2.75) is 25.0 Å². The third-order valence-corrected chi connectivity index (χ3v) is 1.81. The first-order valence-corrected chi connectivity index (χ1v) is 3.78. The Morgan fingerprint density at radius 2 is 2.33 bits per heavy atom. The lowest BCUT2D eigenvalue weighted by Crippen LogP contribution is -2.25. The molecule has 1 rings (SSSR count). The third-order valence-electron chi connectivity index (χ3n) is 1.81. The van der Waals surface area contributed by atoms with E-state index in [1.165, 1.54) is 13.2 Å². The molecule has 12 heavy (non-hydrogen) atoms. The highest BCUT2D eigenvalue weighted by atomic mass is 16.5. The standard InChI is InChI=1S/C8H12O4/c1-12-8(11)5-2-6(9)4-7(10)3-5/h2,6-7,9-10H,3-4H2,1H3/t6-,7-/m0/s1. The van der Waals surface area contributed by atoms with Crippen molar-refractivity contribution in [1.82, 2.24) is 0 Å². The Labute approximate surface area is 70.5 Å². The molecule has 0 amide bonds. The summed E-state index contributed by atoms with van der Waals surface area (Å²) in [6.07, 6.45) is 0.616. The zero-order chi connectivity index (χ0) is 9.14. The number of hydrogen-bond donors (Lipinski definition) is 2. The summed E-state index contributed by atoms with van der Waals surface area (Å²) in [4.78, 5) is 10.9. The molecule has 0 aliphatic heterocycles. The molecule has 0 radical (unpaired) electrons. The van der Waals surface area contributed by atoms with Crippen LogP contribution in [-0.2, 0) is 9.53 Å². The van der Waals surface area contributed by atoms with Crippen molar-refractivity contribution in [3.05, 3.63) is 11.6 Å². The van der Waals surface area contributed by atoms with E-state index in [1.54, 1.807) is 0 Å². The van der Waals surface area contributed by atoms with Crippen LogP contribution in [0.4, 0.5) is 0 Å². The normalized spacial score (nSPS) is 29.4. The Balaban J connectivity index is 2.69. The molecule has 4 heteroatoms. The minimum atomic E-state index is -0.733. The molecule has 2 N–H and O–H groups in total. The van der Waals surface area contributed by atoms with Crippen molar-refractivity contribution in [1.29, 1.82) is 0 Å². The van der Waals surface area contributed by atoms with E-state index in [9.17, 15) is 9.90 Å². The van der Waals surface area contributed by atoms with Crippen LogP contribution >= 0.6 is 0 Å². The Morgan fingerprint density at radius 3 is 2.83 bits per heavy atom. The zero-order valence-electron chi connectivity index (χ0n) is 6.86. The van der Waals surface area contributed by atoms with Gasteiger partial charge in [-0.2, -0.15) is 0 Å². The molecule has 0 saturated heterocycles. The Hall–Kier alpha value is -0.870. The number of carbonyl (C=O) groups excluding carboxylic acids is 1. The maximum Gasteiger partial charge on any atom is 0.333 e. The Morgan fingerprint density at radius 1 is 1.67 bits per heavy atom. The molecule has 0 unspecified atom stereocenters. The van der Waals surface area contributed by atoms with Crippen LogP contribution in [0.1, 0.15) is 12.8 Å². The third kappa shape index (κ3) is 2.06. The summed E-state index contributed by atoms with van der Waals surface area (Å²) in [7, 11) is 1.27. The number of methoxy groups -OCH3 is 1. The Bertz CT molecular complexity index is 209. The molecule has 0 spiro atoms. The van der Waals surface area contributed by atoms with Gasteiger partial charge in [-0.25, -0.2) is 4.79 Å². The van der Waals surface area contributed by atoms with Crippen LogP contribution in [0.5, 0.6) is 0 Å². The monoisotopic (exact) mass is 172 g/mol. The number of carbonyl (C=O) groups is 1. The summed E-state index contributed by atoms with van der Waals surface area (Å²) < 4.78 is 4.46. The number of rotatable bonds is 1. The van der Waals surface area contributed by atoms with Gasteiger partial charge in [0, 0.05) is 18.4 Å². The number of ether oxygens (including phenoxy) is 1. The van der Waals surface area contributed by atoms with Crippen LogP contribution in [-0.4, -0.2) is 35.5 Å². The lowest BCUT2D eigenvalue weighted by atomic mass is 9.95. The summed E-state index contributed by atoms with van der Waals surface area (Å²) in [6.45, 7) is 0. The number of aliphatic hydroxyl groups excluding tert-OH is 2. The topological polar surface area (TPSA) is 66.8 Å². The van der Waals surface area contributed by atoms with E-state index in [0.29, 0.717) is 12.0 Å². The van der Waals surface area contributed by atoms with Crippen LogP contribution in [0.15, 0.2) is 11.6 Å². The molecule has 68 valence electrons. The summed E-state index contributed by atoms with van der Waals surface area (Å²) in [6, 6.07) is 0. The van der Waals surface area contributed by atoms with Gasteiger partial charge in [0.2, 0.25) is 0 Å². The van der Waals surface area contributed by atoms with Crippen LogP contribution < -0.4 is 0 Å². The number of hydrogen-bond acceptors (Lipinski definition) is 4. The minimum Gasteiger partial charge on any atom is -0.466 e. The maximum atomic E-state index is 10.9. The summed E-state index contributed by atoms with van der Waals surface area (Å²) in [5, 5.41) is 18.3. The summed E-state index contributed by atoms with van der Waals surface area (Å²) >= 11 is 0. The highest BCUT2D eigenvalue weighted by Gasteiger charge is 2.23. The van der Waals surface area contributed by atoms with Gasteiger partial charge in [-0.05, 0) is 6.08 Å². The van der Waals surface area contributed by atoms with Crippen molar-refractivity contribution < 1.29 is 19.7 Å². The van der Waals surface area contributed by atoms with Gasteiger partial charge < -0.3 is 14.9 Å². The predicted molar refractivity (Wildman–Crippen MR) is 41.3 cm³/mol. The molecule has 1 aliphatic rings. The summed E-state index contributed by atoms with van der Waals surface area (Å²) in [5.74, 6) is -0.479. The second-order valence-electron chi connectivity index (χ2n) is 2.84. The molecular formula is C8H12O4. The average Bonchev–Trinajstić information content (AvgIpc) is 2.01. The smallest absolute Gasteiger partial charge is 0.333 e. The van der Waals surface area contributed by atoms with Gasteiger partial charge >= 0.3 is 5.97 Å². The van der Waals surface area contributed by atoms with Gasteiger partial charge in [0.15, 0.2) is 0 Å². The fraction of sp³-hybridized carbons (Fsp3) is 0.625. The van der Waals surface area contributed by atoms with E-state index in [0.717, 1.165) is 0 Å². The van der Waals surface area contributed by atoms with Gasteiger partial charge in [0.25, 0.3) is 0 Å². The molecule has 0 fully saturated rings. The fourth-order valence-corrected chi connectivity index (χ4v) is 1.27. The van der Waals surface area contributed by atoms with Crippen molar-refractivity contribution >= 4 is 5.97 Å². The van der Waals surface area contributed by atoms with E-state index in [1.807, 2.05) is 0 Å². The zero-order valence-corrected chi connectivity index (χ0v) is 6.86. The Kier molecular flexibility index (Phi) is 2.83. The number of esters is 1. The first-order chi connectivity index (χ1) is 5.63. The van der Waals surface area contributed by atoms with Crippen LogP contribution in [0.25, 0.3) is 0 Å². The van der Waals surface area contributed by atoms with E-state index >= 15 is 0 Å². The van der Waals surface area contributed by atoms with Gasteiger partial charge in [0.1, 0.15) is 0 Å². The fourth-order valence-electron chi connectivity index (χ4n) is 1.27. The highest BCUT2D eigenvalue weighted by Crippen LogP contribution is 2.19. The molecular weight excluding hydrogens is 160 g/mol. The van der Waals surface area contributed by atoms with Crippen molar-refractivity contribution in [2.24, 2.45) is 0 Å². The largest absolute Gasteiger partial charge is 0.466 e. The second-order valence-corrected chi connectivity index (χ2v) is 2.84. The molecule has 0 aromatic rings. The quantitative estimate of drug-likeness (QED) is 0.528. The van der Waals surface area contributed by atoms with Crippen molar-refractivity contribution in [3.63, 3.8) is 0 Å². The first-order valence-electron chi connectivity index (χ1n) is 3.78. The SMILES string of the molecule is COC(=O)C1=C[C@H](O)C[C@@H](O)C1. The maximum absolute atomic E-state index is 10.9. The van der Waals surface area contributed by atoms with Gasteiger partial charge in [0.05, 0.1) is 19.3 Å². The molecule has 1 aliphatic carbocycles. The van der Waals surface area contributed by atoms with Crippen LogP contribution in [0.3, 0.4) is 0 Å². The predicted octanol–water partition coefficient (Wildman–Crippen LogP) is -0.399. The molecule has 2 atom stereocenters. The van der Waals surface area contributed by atoms with Crippen LogP contribution in [0.2, 0.25) is 0 Å². The molecule has 0 aromatic heterocycles. The van der Waals surface area contributed by atoms with Gasteiger partial charge in [-0.3, -0.25) is 0 Å². The van der Waals surface area contributed by atoms with E-state index in [-0.39, 0.29) is 6.42 Å². The first kappa shape index (κ1) is 9.22. The molecule has 4 nitrogen and oxygen atoms in total. The lowest BCUT2D eigenvalue weighted by Gasteiger charge is -2.20. The number of aliphatic hydroxyl groups is 2. The average molecular weight is 172 g/mol. The van der Waals surface area contributed by atoms with E-state index in [4.69, 9.17) is 5.11 Å². The van der Waals surface area contributed by atoms with E-state index < -0.39 is 18.2 Å². The van der Waals surface area contributed by atoms with Crippen LogP contribution in [0, 0.1) is 0 Å². The van der Waals surface area contributed by atoms with Gasteiger partial charge in [-0.1, -0.05) is 0 Å². The van der Waals surface area contributed by atoms with E-state index in [2.05, 4.69) is 4.74 Å². The van der Waals surface area contributed by atoms with Gasteiger partial charge in [-0.15, -0.1) is 0 Å². The second kappa shape index (κ2) is 3.69. The van der Waals surface area contributed by atoms with Crippen molar-refractivity contribution in [3.8, 4) is 0 Å². The minimum absolute atomic E-state index is 0.268. The molecule has 0 bridgehead atoms.